The van der Waals surface area contributed by atoms with Crippen molar-refractivity contribution in [2.75, 3.05) is 12.8 Å². The number of hydrogen-bond donors (Lipinski definition) is 2. The number of aromatic amines is 1. The summed E-state index contributed by atoms with van der Waals surface area (Å²) in [5.74, 6) is 2.28. The predicted octanol–water partition coefficient (Wildman–Crippen LogP) is 3.74. The van der Waals surface area contributed by atoms with E-state index in [0.717, 1.165) is 28.1 Å². The standard InChI is InChI=1S/C16H23N3O/c1-9(2)11(4)15-14(16(17)19-18-15)12-7-6-10(3)13(8-12)20-5/h6-9,11H,1-5H3,(H3,17,18,19). The third kappa shape index (κ3) is 2.50. The van der Waals surface area contributed by atoms with E-state index in [1.165, 1.54) is 0 Å². The van der Waals surface area contributed by atoms with Gasteiger partial charge < -0.3 is 10.5 Å². The van der Waals surface area contributed by atoms with Crippen molar-refractivity contribution in [2.24, 2.45) is 5.92 Å². The lowest BCUT2D eigenvalue weighted by molar-refractivity contribution is 0.412. The van der Waals surface area contributed by atoms with Gasteiger partial charge in [0.25, 0.3) is 0 Å². The van der Waals surface area contributed by atoms with Crippen LogP contribution in [-0.4, -0.2) is 17.3 Å². The average Bonchev–Trinajstić information content (AvgIpc) is 2.80. The zero-order valence-electron chi connectivity index (χ0n) is 12.8. The molecule has 1 heterocycles. The van der Waals surface area contributed by atoms with Crippen molar-refractivity contribution in [3.63, 3.8) is 0 Å². The fourth-order valence-electron chi connectivity index (χ4n) is 2.31. The second-order valence-electron chi connectivity index (χ2n) is 5.61. The summed E-state index contributed by atoms with van der Waals surface area (Å²) < 4.78 is 5.40. The van der Waals surface area contributed by atoms with Crippen LogP contribution in [0.5, 0.6) is 5.75 Å². The van der Waals surface area contributed by atoms with Crippen molar-refractivity contribution in [1.82, 2.24) is 10.2 Å². The quantitative estimate of drug-likeness (QED) is 0.892. The van der Waals surface area contributed by atoms with E-state index in [2.05, 4.69) is 37.0 Å². The van der Waals surface area contributed by atoms with Crippen LogP contribution in [-0.2, 0) is 0 Å². The van der Waals surface area contributed by atoms with Gasteiger partial charge >= 0.3 is 0 Å². The largest absolute Gasteiger partial charge is 0.496 e. The molecule has 0 fully saturated rings. The van der Waals surface area contributed by atoms with Gasteiger partial charge in [0.05, 0.1) is 7.11 Å². The van der Waals surface area contributed by atoms with Crippen LogP contribution in [0.15, 0.2) is 18.2 Å². The molecule has 1 atom stereocenters. The lowest BCUT2D eigenvalue weighted by Gasteiger charge is -2.16. The normalized spacial score (nSPS) is 12.7. The zero-order valence-corrected chi connectivity index (χ0v) is 12.8. The molecule has 0 aliphatic carbocycles. The number of nitrogens with one attached hydrogen (secondary N) is 1. The molecule has 3 N–H and O–H groups in total. The van der Waals surface area contributed by atoms with Crippen LogP contribution >= 0.6 is 0 Å². The molecular weight excluding hydrogens is 250 g/mol. The second-order valence-corrected chi connectivity index (χ2v) is 5.61. The maximum atomic E-state index is 6.06. The monoisotopic (exact) mass is 273 g/mol. The Morgan fingerprint density at radius 1 is 1.25 bits per heavy atom. The smallest absolute Gasteiger partial charge is 0.153 e. The summed E-state index contributed by atoms with van der Waals surface area (Å²) >= 11 is 0. The van der Waals surface area contributed by atoms with E-state index in [0.29, 0.717) is 17.7 Å². The van der Waals surface area contributed by atoms with E-state index in [9.17, 15) is 0 Å². The fourth-order valence-corrected chi connectivity index (χ4v) is 2.31. The Morgan fingerprint density at radius 3 is 2.55 bits per heavy atom. The highest BCUT2D eigenvalue weighted by molar-refractivity contribution is 5.78. The van der Waals surface area contributed by atoms with Gasteiger partial charge in [-0.15, -0.1) is 0 Å². The third-order valence-electron chi connectivity index (χ3n) is 3.97. The van der Waals surface area contributed by atoms with E-state index in [1.54, 1.807) is 7.11 Å². The number of aromatic nitrogens is 2. The molecule has 0 saturated carbocycles. The maximum absolute atomic E-state index is 6.06. The number of anilines is 1. The zero-order chi connectivity index (χ0) is 14.9. The Bertz CT molecular complexity index is 602. The SMILES string of the molecule is COc1cc(-c2c(N)n[nH]c2C(C)C(C)C)ccc1C. The first kappa shape index (κ1) is 14.4. The van der Waals surface area contributed by atoms with Gasteiger partial charge in [-0.1, -0.05) is 32.9 Å². The number of nitrogen functional groups attached to an aromatic ring is 1. The van der Waals surface area contributed by atoms with Gasteiger partial charge in [0, 0.05) is 17.2 Å². The van der Waals surface area contributed by atoms with Gasteiger partial charge in [0.15, 0.2) is 5.82 Å². The van der Waals surface area contributed by atoms with E-state index < -0.39 is 0 Å². The summed E-state index contributed by atoms with van der Waals surface area (Å²) in [6.45, 7) is 8.61. The Balaban J connectivity index is 2.55. The summed E-state index contributed by atoms with van der Waals surface area (Å²) in [4.78, 5) is 0. The molecule has 0 saturated heterocycles. The maximum Gasteiger partial charge on any atom is 0.153 e. The van der Waals surface area contributed by atoms with Crippen molar-refractivity contribution >= 4 is 5.82 Å². The molecule has 0 spiro atoms. The Hall–Kier alpha value is -1.97. The molecule has 20 heavy (non-hydrogen) atoms. The summed E-state index contributed by atoms with van der Waals surface area (Å²) in [5, 5.41) is 7.28. The number of rotatable bonds is 4. The van der Waals surface area contributed by atoms with Crippen molar-refractivity contribution in [3.8, 4) is 16.9 Å². The summed E-state index contributed by atoms with van der Waals surface area (Å²) in [5.41, 5.74) is 10.3. The minimum Gasteiger partial charge on any atom is -0.496 e. The van der Waals surface area contributed by atoms with Gasteiger partial charge in [-0.25, -0.2) is 0 Å². The third-order valence-corrected chi connectivity index (χ3v) is 3.97. The topological polar surface area (TPSA) is 63.9 Å². The van der Waals surface area contributed by atoms with E-state index in [1.807, 2.05) is 19.1 Å². The summed E-state index contributed by atoms with van der Waals surface area (Å²) in [7, 11) is 1.68. The molecule has 1 aromatic heterocycles. The molecular formula is C16H23N3O. The van der Waals surface area contributed by atoms with E-state index >= 15 is 0 Å². The molecule has 108 valence electrons. The van der Waals surface area contributed by atoms with Crippen LogP contribution in [0.3, 0.4) is 0 Å². The Kier molecular flexibility index (Phi) is 4.02. The minimum atomic E-state index is 0.363. The van der Waals surface area contributed by atoms with Crippen LogP contribution in [0.4, 0.5) is 5.82 Å². The highest BCUT2D eigenvalue weighted by atomic mass is 16.5. The molecule has 4 nitrogen and oxygen atoms in total. The molecule has 0 radical (unpaired) electrons. The molecule has 1 aromatic carbocycles. The molecule has 0 aliphatic heterocycles. The highest BCUT2D eigenvalue weighted by Crippen LogP contribution is 2.37. The summed E-state index contributed by atoms with van der Waals surface area (Å²) in [6, 6.07) is 6.13. The van der Waals surface area contributed by atoms with Crippen LogP contribution < -0.4 is 10.5 Å². The van der Waals surface area contributed by atoms with Gasteiger partial charge in [-0.2, -0.15) is 5.10 Å². The first-order chi connectivity index (χ1) is 9.45. The number of hydrogen-bond acceptors (Lipinski definition) is 3. The fraction of sp³-hybridized carbons (Fsp3) is 0.438. The van der Waals surface area contributed by atoms with Gasteiger partial charge in [0.1, 0.15) is 5.75 Å². The van der Waals surface area contributed by atoms with Gasteiger partial charge in [0.2, 0.25) is 0 Å². The van der Waals surface area contributed by atoms with Gasteiger partial charge in [-0.3, -0.25) is 5.10 Å². The lowest BCUT2D eigenvalue weighted by atomic mass is 9.90. The number of benzene rings is 1. The molecule has 2 aromatic rings. The second kappa shape index (κ2) is 5.57. The van der Waals surface area contributed by atoms with Crippen LogP contribution in [0, 0.1) is 12.8 Å². The lowest BCUT2D eigenvalue weighted by Crippen LogP contribution is -2.04. The molecule has 1 unspecified atom stereocenters. The average molecular weight is 273 g/mol. The van der Waals surface area contributed by atoms with E-state index in [-0.39, 0.29) is 0 Å². The molecule has 0 bridgehead atoms. The highest BCUT2D eigenvalue weighted by Gasteiger charge is 2.21. The number of ether oxygens (including phenoxy) is 1. The van der Waals surface area contributed by atoms with E-state index in [4.69, 9.17) is 10.5 Å². The molecule has 2 rings (SSSR count). The van der Waals surface area contributed by atoms with Crippen molar-refractivity contribution in [2.45, 2.75) is 33.6 Å². The van der Waals surface area contributed by atoms with Crippen LogP contribution in [0.25, 0.3) is 11.1 Å². The first-order valence-electron chi connectivity index (χ1n) is 6.94. The van der Waals surface area contributed by atoms with Crippen molar-refractivity contribution < 1.29 is 4.74 Å². The molecule has 0 amide bonds. The van der Waals surface area contributed by atoms with Crippen molar-refractivity contribution in [3.05, 3.63) is 29.5 Å². The minimum absolute atomic E-state index is 0.363. The van der Waals surface area contributed by atoms with Crippen molar-refractivity contribution in [1.29, 1.82) is 0 Å². The number of aryl methyl sites for hydroxylation is 1. The molecule has 4 heteroatoms. The molecule has 0 aliphatic rings. The van der Waals surface area contributed by atoms with Gasteiger partial charge in [-0.05, 0) is 30.0 Å². The Morgan fingerprint density at radius 2 is 1.95 bits per heavy atom. The first-order valence-corrected chi connectivity index (χ1v) is 6.94. The summed E-state index contributed by atoms with van der Waals surface area (Å²) in [6.07, 6.45) is 0. The van der Waals surface area contributed by atoms with Crippen LogP contribution in [0.2, 0.25) is 0 Å². The number of nitrogens with zero attached hydrogens (tertiary/aromatic N) is 1. The number of nitrogens with two attached hydrogens (primary N) is 1. The number of methoxy groups -OCH3 is 1. The van der Waals surface area contributed by atoms with Crippen LogP contribution in [0.1, 0.15) is 37.9 Å². The number of H-pyrrole nitrogens is 1. The predicted molar refractivity (Wildman–Crippen MR) is 83.0 cm³/mol. The Labute approximate surface area is 120 Å².